The molecule has 3 nitrogen and oxygen atoms in total. The summed E-state index contributed by atoms with van der Waals surface area (Å²) in [6, 6.07) is 4.74. The van der Waals surface area contributed by atoms with Crippen molar-refractivity contribution in [3.63, 3.8) is 0 Å². The number of nitrogens with zero attached hydrogens (tertiary/aromatic N) is 1. The molecule has 0 radical (unpaired) electrons. The van der Waals surface area contributed by atoms with E-state index in [1.165, 1.54) is 12.1 Å². The fourth-order valence-corrected chi connectivity index (χ4v) is 2.27. The quantitative estimate of drug-likeness (QED) is 0.867. The molecule has 0 aliphatic carbocycles. The van der Waals surface area contributed by atoms with E-state index in [4.69, 9.17) is 5.73 Å². The number of piperidine rings is 1. The summed E-state index contributed by atoms with van der Waals surface area (Å²) in [6.07, 6.45) is -2.79. The number of halogens is 3. The Morgan fingerprint density at radius 2 is 1.95 bits per heavy atom. The van der Waals surface area contributed by atoms with Crippen LogP contribution in [0.15, 0.2) is 24.3 Å². The number of ketones is 1. The van der Waals surface area contributed by atoms with Crippen molar-refractivity contribution in [2.24, 2.45) is 5.73 Å². The first-order chi connectivity index (χ1) is 9.36. The molecule has 2 rings (SSSR count). The molecule has 0 bridgehead atoms. The molecule has 20 heavy (non-hydrogen) atoms. The molecule has 1 aromatic rings. The predicted octanol–water partition coefficient (Wildman–Crippen LogP) is 2.31. The third-order valence-corrected chi connectivity index (χ3v) is 3.51. The molecule has 0 spiro atoms. The summed E-state index contributed by atoms with van der Waals surface area (Å²) in [4.78, 5) is 14.0. The Balaban J connectivity index is 2.02. The van der Waals surface area contributed by atoms with Crippen LogP contribution in [-0.4, -0.2) is 36.4 Å². The Kier molecular flexibility index (Phi) is 4.45. The van der Waals surface area contributed by atoms with Crippen molar-refractivity contribution in [2.75, 3.05) is 19.6 Å². The average Bonchev–Trinajstić information content (AvgIpc) is 2.40. The highest BCUT2D eigenvalue weighted by Crippen LogP contribution is 2.29. The van der Waals surface area contributed by atoms with Crippen molar-refractivity contribution >= 4 is 5.78 Å². The van der Waals surface area contributed by atoms with E-state index in [2.05, 4.69) is 0 Å². The Labute approximate surface area is 115 Å². The topological polar surface area (TPSA) is 46.3 Å². The van der Waals surface area contributed by atoms with E-state index in [1.54, 1.807) is 0 Å². The van der Waals surface area contributed by atoms with Crippen LogP contribution in [0.4, 0.5) is 13.2 Å². The van der Waals surface area contributed by atoms with Crippen LogP contribution in [-0.2, 0) is 6.18 Å². The monoisotopic (exact) mass is 286 g/mol. The Hall–Kier alpha value is -1.40. The van der Waals surface area contributed by atoms with Gasteiger partial charge in [-0.25, -0.2) is 0 Å². The molecule has 0 aromatic heterocycles. The standard InChI is InChI=1S/C14H17F3N2O/c15-14(16,17)11-3-1-2-10(8-11)13(20)9-19-6-4-12(18)5-7-19/h1-3,8,12H,4-7,9,18H2. The lowest BCUT2D eigenvalue weighted by molar-refractivity contribution is -0.137. The summed E-state index contributed by atoms with van der Waals surface area (Å²) >= 11 is 0. The predicted molar refractivity (Wildman–Crippen MR) is 69.4 cm³/mol. The minimum absolute atomic E-state index is 0.106. The van der Waals surface area contributed by atoms with Crippen LogP contribution in [0.2, 0.25) is 0 Å². The number of hydrogen-bond donors (Lipinski definition) is 1. The lowest BCUT2D eigenvalue weighted by Gasteiger charge is -2.29. The Bertz CT molecular complexity index is 480. The van der Waals surface area contributed by atoms with Crippen LogP contribution in [0.25, 0.3) is 0 Å². The van der Waals surface area contributed by atoms with Gasteiger partial charge in [-0.15, -0.1) is 0 Å². The molecule has 1 saturated heterocycles. The molecule has 0 atom stereocenters. The third-order valence-electron chi connectivity index (χ3n) is 3.51. The van der Waals surface area contributed by atoms with Crippen molar-refractivity contribution in [3.05, 3.63) is 35.4 Å². The molecule has 0 amide bonds. The maximum absolute atomic E-state index is 12.6. The number of Topliss-reactive ketones (excluding diaryl/α,β-unsaturated/α-hetero) is 1. The zero-order valence-electron chi connectivity index (χ0n) is 11.0. The van der Waals surface area contributed by atoms with Crippen LogP contribution in [0.3, 0.4) is 0 Å². The van der Waals surface area contributed by atoms with E-state index in [-0.39, 0.29) is 23.9 Å². The van der Waals surface area contributed by atoms with E-state index in [1.807, 2.05) is 4.90 Å². The second kappa shape index (κ2) is 5.93. The van der Waals surface area contributed by atoms with Crippen molar-refractivity contribution < 1.29 is 18.0 Å². The van der Waals surface area contributed by atoms with Gasteiger partial charge in [0.15, 0.2) is 5.78 Å². The lowest BCUT2D eigenvalue weighted by atomic mass is 10.0. The number of alkyl halides is 3. The van der Waals surface area contributed by atoms with E-state index in [0.29, 0.717) is 13.1 Å². The summed E-state index contributed by atoms with van der Waals surface area (Å²) in [5.74, 6) is -0.286. The smallest absolute Gasteiger partial charge is 0.328 e. The van der Waals surface area contributed by atoms with Gasteiger partial charge in [-0.1, -0.05) is 12.1 Å². The summed E-state index contributed by atoms with van der Waals surface area (Å²) in [5.41, 5.74) is 5.09. The molecule has 2 N–H and O–H groups in total. The molecule has 0 saturated carbocycles. The van der Waals surface area contributed by atoms with Gasteiger partial charge < -0.3 is 5.73 Å². The van der Waals surface area contributed by atoms with E-state index >= 15 is 0 Å². The van der Waals surface area contributed by atoms with Gasteiger partial charge in [0.2, 0.25) is 0 Å². The van der Waals surface area contributed by atoms with Crippen molar-refractivity contribution in [1.29, 1.82) is 0 Å². The zero-order chi connectivity index (χ0) is 14.8. The second-order valence-electron chi connectivity index (χ2n) is 5.12. The van der Waals surface area contributed by atoms with Gasteiger partial charge in [-0.3, -0.25) is 9.69 Å². The first-order valence-corrected chi connectivity index (χ1v) is 6.54. The van der Waals surface area contributed by atoms with E-state index < -0.39 is 11.7 Å². The van der Waals surface area contributed by atoms with Gasteiger partial charge in [0.1, 0.15) is 0 Å². The van der Waals surface area contributed by atoms with Gasteiger partial charge in [0, 0.05) is 24.7 Å². The number of benzene rings is 1. The van der Waals surface area contributed by atoms with Crippen LogP contribution in [0.5, 0.6) is 0 Å². The van der Waals surface area contributed by atoms with E-state index in [9.17, 15) is 18.0 Å². The van der Waals surface area contributed by atoms with Crippen molar-refractivity contribution in [3.8, 4) is 0 Å². The summed E-state index contributed by atoms with van der Waals surface area (Å²) in [6.45, 7) is 1.58. The lowest BCUT2D eigenvalue weighted by Crippen LogP contribution is -2.41. The fraction of sp³-hybridized carbons (Fsp3) is 0.500. The van der Waals surface area contributed by atoms with Crippen LogP contribution in [0, 0.1) is 0 Å². The normalized spacial score (nSPS) is 18.2. The van der Waals surface area contributed by atoms with Gasteiger partial charge in [0.05, 0.1) is 12.1 Å². The largest absolute Gasteiger partial charge is 0.416 e. The van der Waals surface area contributed by atoms with Crippen LogP contribution < -0.4 is 5.73 Å². The van der Waals surface area contributed by atoms with Crippen LogP contribution >= 0.6 is 0 Å². The van der Waals surface area contributed by atoms with Crippen molar-refractivity contribution in [1.82, 2.24) is 4.90 Å². The molecule has 1 aliphatic rings. The van der Waals surface area contributed by atoms with Crippen LogP contribution in [0.1, 0.15) is 28.8 Å². The molecule has 110 valence electrons. The summed E-state index contributed by atoms with van der Waals surface area (Å²) in [7, 11) is 0. The molecule has 1 aliphatic heterocycles. The maximum atomic E-state index is 12.6. The average molecular weight is 286 g/mol. The Morgan fingerprint density at radius 1 is 1.30 bits per heavy atom. The minimum atomic E-state index is -4.42. The van der Waals surface area contributed by atoms with Gasteiger partial charge in [-0.2, -0.15) is 13.2 Å². The highest BCUT2D eigenvalue weighted by molar-refractivity contribution is 5.97. The van der Waals surface area contributed by atoms with Gasteiger partial charge >= 0.3 is 6.18 Å². The summed E-state index contributed by atoms with van der Waals surface area (Å²) < 4.78 is 37.8. The number of carbonyl (C=O) groups is 1. The maximum Gasteiger partial charge on any atom is 0.416 e. The number of hydrogen-bond acceptors (Lipinski definition) is 3. The molecule has 6 heteroatoms. The molecular formula is C14H17F3N2O. The number of likely N-dealkylation sites (tertiary alicyclic amines) is 1. The highest BCUT2D eigenvalue weighted by atomic mass is 19.4. The first-order valence-electron chi connectivity index (χ1n) is 6.54. The van der Waals surface area contributed by atoms with Gasteiger partial charge in [0.25, 0.3) is 0 Å². The fourth-order valence-electron chi connectivity index (χ4n) is 2.27. The number of carbonyl (C=O) groups excluding carboxylic acids is 1. The van der Waals surface area contributed by atoms with Gasteiger partial charge in [-0.05, 0) is 25.0 Å². The minimum Gasteiger partial charge on any atom is -0.328 e. The van der Waals surface area contributed by atoms with E-state index in [0.717, 1.165) is 25.0 Å². The second-order valence-corrected chi connectivity index (χ2v) is 5.12. The first kappa shape index (κ1) is 15.0. The third kappa shape index (κ3) is 3.80. The van der Waals surface area contributed by atoms with Crippen molar-refractivity contribution in [2.45, 2.75) is 25.1 Å². The molecule has 1 aromatic carbocycles. The molecule has 0 unspecified atom stereocenters. The molecular weight excluding hydrogens is 269 g/mol. The zero-order valence-corrected chi connectivity index (χ0v) is 11.0. The molecule has 1 fully saturated rings. The SMILES string of the molecule is NC1CCN(CC(=O)c2cccc(C(F)(F)F)c2)CC1. The highest BCUT2D eigenvalue weighted by Gasteiger charge is 2.31. The number of nitrogens with two attached hydrogens (primary N) is 1. The summed E-state index contributed by atoms with van der Waals surface area (Å²) in [5, 5.41) is 0. The Morgan fingerprint density at radius 3 is 2.55 bits per heavy atom. The number of rotatable bonds is 3. The molecule has 1 heterocycles.